The summed E-state index contributed by atoms with van der Waals surface area (Å²) in [5.74, 6) is 0. The Kier molecular flexibility index (Phi) is 3.07. The van der Waals surface area contributed by atoms with E-state index in [1.165, 1.54) is 0 Å². The first-order valence-electron chi connectivity index (χ1n) is 3.63. The number of hydrogen-bond acceptors (Lipinski definition) is 3. The smallest absolute Gasteiger partial charge is 0.0588 e. The van der Waals surface area contributed by atoms with Crippen LogP contribution in [0.1, 0.15) is 5.69 Å². The quantitative estimate of drug-likeness (QED) is 0.551. The number of aromatic nitrogens is 2. The van der Waals surface area contributed by atoms with Crippen LogP contribution in [-0.2, 0) is 6.42 Å². The van der Waals surface area contributed by atoms with Crippen molar-refractivity contribution >= 4 is 0 Å². The van der Waals surface area contributed by atoms with E-state index in [0.717, 1.165) is 12.1 Å². The molecule has 0 saturated heterocycles. The predicted octanol–water partition coefficient (Wildman–Crippen LogP) is -0.468. The van der Waals surface area contributed by atoms with Crippen LogP contribution < -0.4 is 5.32 Å². The monoisotopic (exact) mass is 155 g/mol. The number of aromatic amines is 1. The molecule has 0 aromatic carbocycles. The van der Waals surface area contributed by atoms with Gasteiger partial charge in [-0.15, -0.1) is 0 Å². The average molecular weight is 155 g/mol. The third kappa shape index (κ3) is 2.32. The van der Waals surface area contributed by atoms with Crippen LogP contribution in [0.5, 0.6) is 0 Å². The van der Waals surface area contributed by atoms with Crippen molar-refractivity contribution in [2.75, 3.05) is 13.7 Å². The summed E-state index contributed by atoms with van der Waals surface area (Å²) in [4.78, 5) is 0. The fourth-order valence-electron chi connectivity index (χ4n) is 0.922. The summed E-state index contributed by atoms with van der Waals surface area (Å²) in [6, 6.07) is 2.02. The molecule has 3 N–H and O–H groups in total. The predicted molar refractivity (Wildman–Crippen MR) is 42.2 cm³/mol. The minimum absolute atomic E-state index is 0.121. The van der Waals surface area contributed by atoms with Crippen molar-refractivity contribution < 1.29 is 5.11 Å². The summed E-state index contributed by atoms with van der Waals surface area (Å²) in [5, 5.41) is 18.5. The fraction of sp³-hybridized carbons (Fsp3) is 0.571. The minimum atomic E-state index is 0.121. The minimum Gasteiger partial charge on any atom is -0.395 e. The van der Waals surface area contributed by atoms with Gasteiger partial charge in [0.15, 0.2) is 0 Å². The molecule has 0 unspecified atom stereocenters. The Balaban J connectivity index is 2.41. The highest BCUT2D eigenvalue weighted by atomic mass is 16.3. The maximum Gasteiger partial charge on any atom is 0.0588 e. The Morgan fingerprint density at radius 2 is 2.64 bits per heavy atom. The van der Waals surface area contributed by atoms with Gasteiger partial charge in [0.1, 0.15) is 0 Å². The van der Waals surface area contributed by atoms with Crippen LogP contribution >= 0.6 is 0 Å². The molecule has 11 heavy (non-hydrogen) atoms. The number of hydrogen-bond donors (Lipinski definition) is 3. The van der Waals surface area contributed by atoms with Gasteiger partial charge in [-0.05, 0) is 13.1 Å². The number of aliphatic hydroxyl groups excluding tert-OH is 1. The highest BCUT2D eigenvalue weighted by Crippen LogP contribution is 1.96. The van der Waals surface area contributed by atoms with Gasteiger partial charge in [0.05, 0.1) is 6.61 Å². The highest BCUT2D eigenvalue weighted by Gasteiger charge is 2.05. The largest absolute Gasteiger partial charge is 0.395 e. The standard InChI is InChI=1S/C7H13N3O/c1-8-7(5-11)4-6-2-3-9-10-6/h2-3,7-8,11H,4-5H2,1H3,(H,9,10)/t7-/m1/s1. The van der Waals surface area contributed by atoms with Crippen LogP contribution in [0.15, 0.2) is 12.3 Å². The van der Waals surface area contributed by atoms with Crippen LogP contribution in [0.4, 0.5) is 0 Å². The molecule has 0 fully saturated rings. The second-order valence-electron chi connectivity index (χ2n) is 2.45. The van der Waals surface area contributed by atoms with Crippen LogP contribution in [0.3, 0.4) is 0 Å². The van der Waals surface area contributed by atoms with Crippen molar-refractivity contribution in [1.82, 2.24) is 15.5 Å². The van der Waals surface area contributed by atoms with Gasteiger partial charge in [0, 0.05) is 24.4 Å². The number of nitrogens with one attached hydrogen (secondary N) is 2. The molecule has 0 aliphatic carbocycles. The lowest BCUT2D eigenvalue weighted by molar-refractivity contribution is 0.247. The molecule has 0 saturated carbocycles. The van der Waals surface area contributed by atoms with E-state index in [9.17, 15) is 0 Å². The Hall–Kier alpha value is -0.870. The molecule has 4 nitrogen and oxygen atoms in total. The third-order valence-corrected chi connectivity index (χ3v) is 1.65. The fourth-order valence-corrected chi connectivity index (χ4v) is 0.922. The van der Waals surface area contributed by atoms with E-state index in [2.05, 4.69) is 15.5 Å². The lowest BCUT2D eigenvalue weighted by Gasteiger charge is -2.10. The zero-order chi connectivity index (χ0) is 8.10. The van der Waals surface area contributed by atoms with Crippen molar-refractivity contribution in [3.8, 4) is 0 Å². The lowest BCUT2D eigenvalue weighted by Crippen LogP contribution is -2.31. The van der Waals surface area contributed by atoms with Crippen molar-refractivity contribution in [2.45, 2.75) is 12.5 Å². The van der Waals surface area contributed by atoms with E-state index >= 15 is 0 Å². The van der Waals surface area contributed by atoms with E-state index < -0.39 is 0 Å². The van der Waals surface area contributed by atoms with Gasteiger partial charge in [-0.1, -0.05) is 0 Å². The Labute approximate surface area is 65.6 Å². The summed E-state index contributed by atoms with van der Waals surface area (Å²) >= 11 is 0. The van der Waals surface area contributed by atoms with E-state index in [4.69, 9.17) is 5.11 Å². The molecule has 1 rings (SSSR count). The molecule has 0 aliphatic rings. The maximum absolute atomic E-state index is 8.83. The Bertz CT molecular complexity index is 182. The van der Waals surface area contributed by atoms with Gasteiger partial charge >= 0.3 is 0 Å². The number of H-pyrrole nitrogens is 1. The Morgan fingerprint density at radius 3 is 3.09 bits per heavy atom. The van der Waals surface area contributed by atoms with E-state index in [1.807, 2.05) is 13.1 Å². The van der Waals surface area contributed by atoms with Gasteiger partial charge < -0.3 is 10.4 Å². The van der Waals surface area contributed by atoms with Crippen LogP contribution in [0, 0.1) is 0 Å². The zero-order valence-electron chi connectivity index (χ0n) is 6.54. The lowest BCUT2D eigenvalue weighted by atomic mass is 10.2. The third-order valence-electron chi connectivity index (χ3n) is 1.65. The summed E-state index contributed by atoms with van der Waals surface area (Å²) in [6.45, 7) is 0.148. The molecule has 0 bridgehead atoms. The second-order valence-corrected chi connectivity index (χ2v) is 2.45. The molecule has 0 radical (unpaired) electrons. The second kappa shape index (κ2) is 4.10. The number of nitrogens with zero attached hydrogens (tertiary/aromatic N) is 1. The molecule has 0 spiro atoms. The SMILES string of the molecule is CN[C@@H](CO)Cc1ccn[nH]1. The van der Waals surface area contributed by atoms with Gasteiger partial charge in [-0.3, -0.25) is 5.10 Å². The van der Waals surface area contributed by atoms with Gasteiger partial charge in [0.25, 0.3) is 0 Å². The highest BCUT2D eigenvalue weighted by molar-refractivity contribution is 4.99. The van der Waals surface area contributed by atoms with Crippen molar-refractivity contribution in [3.05, 3.63) is 18.0 Å². The molecule has 4 heteroatoms. The van der Waals surface area contributed by atoms with Crippen molar-refractivity contribution in [3.63, 3.8) is 0 Å². The van der Waals surface area contributed by atoms with Crippen LogP contribution in [0.25, 0.3) is 0 Å². The Morgan fingerprint density at radius 1 is 1.82 bits per heavy atom. The van der Waals surface area contributed by atoms with Gasteiger partial charge in [-0.25, -0.2) is 0 Å². The van der Waals surface area contributed by atoms with Crippen LogP contribution in [-0.4, -0.2) is 35.0 Å². The maximum atomic E-state index is 8.83. The number of likely N-dealkylation sites (N-methyl/N-ethyl adjacent to an activating group) is 1. The molecule has 1 aromatic rings. The molecule has 0 aliphatic heterocycles. The van der Waals surface area contributed by atoms with Gasteiger partial charge in [-0.2, -0.15) is 5.10 Å². The molecule has 0 amide bonds. The summed E-state index contributed by atoms with van der Waals surface area (Å²) < 4.78 is 0. The normalized spacial score (nSPS) is 13.3. The molecule has 1 aromatic heterocycles. The average Bonchev–Trinajstić information content (AvgIpc) is 2.52. The van der Waals surface area contributed by atoms with E-state index in [1.54, 1.807) is 6.20 Å². The molecular formula is C7H13N3O. The summed E-state index contributed by atoms with van der Waals surface area (Å²) in [7, 11) is 1.83. The molecule has 1 heterocycles. The summed E-state index contributed by atoms with van der Waals surface area (Å²) in [6.07, 6.45) is 2.49. The van der Waals surface area contributed by atoms with Crippen molar-refractivity contribution in [1.29, 1.82) is 0 Å². The first kappa shape index (κ1) is 8.23. The topological polar surface area (TPSA) is 60.9 Å². The van der Waals surface area contributed by atoms with E-state index in [0.29, 0.717) is 0 Å². The number of aliphatic hydroxyl groups is 1. The molecule has 62 valence electrons. The molecular weight excluding hydrogens is 142 g/mol. The first-order chi connectivity index (χ1) is 5.36. The zero-order valence-corrected chi connectivity index (χ0v) is 6.54. The van der Waals surface area contributed by atoms with Crippen molar-refractivity contribution in [2.24, 2.45) is 0 Å². The molecule has 1 atom stereocenters. The summed E-state index contributed by atoms with van der Waals surface area (Å²) in [5.41, 5.74) is 1.04. The van der Waals surface area contributed by atoms with Crippen LogP contribution in [0.2, 0.25) is 0 Å². The van der Waals surface area contributed by atoms with Gasteiger partial charge in [0.2, 0.25) is 0 Å². The van der Waals surface area contributed by atoms with E-state index in [-0.39, 0.29) is 12.6 Å². The first-order valence-corrected chi connectivity index (χ1v) is 3.63. The number of rotatable bonds is 4.